The summed E-state index contributed by atoms with van der Waals surface area (Å²) in [4.78, 5) is 12.9. The third kappa shape index (κ3) is 4.68. The summed E-state index contributed by atoms with van der Waals surface area (Å²) in [5.41, 5.74) is 1.72. The van der Waals surface area contributed by atoms with Crippen LogP contribution in [-0.2, 0) is 4.74 Å². The molecule has 1 atom stereocenters. The number of hydrogen-bond donors (Lipinski definition) is 1. The molecule has 0 aromatic heterocycles. The number of aryl methyl sites for hydroxylation is 1. The van der Waals surface area contributed by atoms with Crippen molar-refractivity contribution in [1.82, 2.24) is 4.90 Å². The Balaban J connectivity index is 1.87. The molecule has 6 nitrogen and oxygen atoms in total. The molecule has 0 bridgehead atoms. The van der Waals surface area contributed by atoms with Gasteiger partial charge in [-0.2, -0.15) is 0 Å². The molecule has 22 heavy (non-hydrogen) atoms. The molecule has 1 saturated heterocycles. The first kappa shape index (κ1) is 16.7. The van der Waals surface area contributed by atoms with E-state index in [0.29, 0.717) is 18.0 Å². The summed E-state index contributed by atoms with van der Waals surface area (Å²) in [6, 6.07) is 5.11. The van der Waals surface area contributed by atoms with Crippen LogP contribution >= 0.6 is 0 Å². The average molecular weight is 307 g/mol. The first-order chi connectivity index (χ1) is 10.5. The SMILES string of the molecule is Cc1cc(NCC2CN(CC(C)C)CCO2)ccc1[N+](=O)[O-]. The second-order valence-electron chi connectivity index (χ2n) is 6.29. The summed E-state index contributed by atoms with van der Waals surface area (Å²) in [6.45, 7) is 10.7. The molecule has 122 valence electrons. The van der Waals surface area contributed by atoms with Gasteiger partial charge in [-0.05, 0) is 25.0 Å². The van der Waals surface area contributed by atoms with Crippen molar-refractivity contribution >= 4 is 11.4 Å². The van der Waals surface area contributed by atoms with Gasteiger partial charge >= 0.3 is 0 Å². The number of morpholine rings is 1. The van der Waals surface area contributed by atoms with Crippen LogP contribution in [0.3, 0.4) is 0 Å². The molecule has 0 aliphatic carbocycles. The number of anilines is 1. The number of nitro groups is 1. The van der Waals surface area contributed by atoms with Gasteiger partial charge in [0.05, 0.1) is 17.6 Å². The lowest BCUT2D eigenvalue weighted by Crippen LogP contribution is -2.46. The van der Waals surface area contributed by atoms with Crippen LogP contribution in [0.1, 0.15) is 19.4 Å². The molecule has 6 heteroatoms. The average Bonchev–Trinajstić information content (AvgIpc) is 2.44. The van der Waals surface area contributed by atoms with E-state index in [1.807, 2.05) is 6.07 Å². The number of nitro benzene ring substituents is 1. The van der Waals surface area contributed by atoms with Gasteiger partial charge in [-0.25, -0.2) is 0 Å². The summed E-state index contributed by atoms with van der Waals surface area (Å²) < 4.78 is 5.79. The van der Waals surface area contributed by atoms with Crippen molar-refractivity contribution in [3.63, 3.8) is 0 Å². The molecule has 1 heterocycles. The van der Waals surface area contributed by atoms with Crippen LogP contribution in [0.5, 0.6) is 0 Å². The summed E-state index contributed by atoms with van der Waals surface area (Å²) in [5.74, 6) is 0.657. The van der Waals surface area contributed by atoms with Gasteiger partial charge in [0.2, 0.25) is 0 Å². The largest absolute Gasteiger partial charge is 0.382 e. The Kier molecular flexibility index (Phi) is 5.74. The van der Waals surface area contributed by atoms with E-state index in [1.54, 1.807) is 19.1 Å². The van der Waals surface area contributed by atoms with Crippen LogP contribution in [0.4, 0.5) is 11.4 Å². The third-order valence-corrected chi connectivity index (χ3v) is 3.77. The molecule has 1 N–H and O–H groups in total. The van der Waals surface area contributed by atoms with E-state index in [-0.39, 0.29) is 16.7 Å². The smallest absolute Gasteiger partial charge is 0.272 e. The number of benzene rings is 1. The normalized spacial score (nSPS) is 19.4. The van der Waals surface area contributed by atoms with Crippen molar-refractivity contribution < 1.29 is 9.66 Å². The second kappa shape index (κ2) is 7.56. The van der Waals surface area contributed by atoms with E-state index in [1.165, 1.54) is 0 Å². The lowest BCUT2D eigenvalue weighted by atomic mass is 10.1. The van der Waals surface area contributed by atoms with Crippen LogP contribution in [-0.4, -0.2) is 48.7 Å². The molecular weight excluding hydrogens is 282 g/mol. The minimum Gasteiger partial charge on any atom is -0.382 e. The number of rotatable bonds is 6. The van der Waals surface area contributed by atoms with E-state index < -0.39 is 0 Å². The summed E-state index contributed by atoms with van der Waals surface area (Å²) in [7, 11) is 0. The number of nitrogens with one attached hydrogen (secondary N) is 1. The molecule has 1 fully saturated rings. The minimum absolute atomic E-state index is 0.155. The maximum atomic E-state index is 10.8. The Morgan fingerprint density at radius 1 is 1.50 bits per heavy atom. The minimum atomic E-state index is -0.354. The Bertz CT molecular complexity index is 519. The lowest BCUT2D eigenvalue weighted by molar-refractivity contribution is -0.385. The van der Waals surface area contributed by atoms with Crippen LogP contribution in [0.2, 0.25) is 0 Å². The highest BCUT2D eigenvalue weighted by molar-refractivity contribution is 5.53. The summed E-state index contributed by atoms with van der Waals surface area (Å²) >= 11 is 0. The first-order valence-electron chi connectivity index (χ1n) is 7.78. The van der Waals surface area contributed by atoms with Crippen molar-refractivity contribution in [2.24, 2.45) is 5.92 Å². The van der Waals surface area contributed by atoms with Crippen molar-refractivity contribution in [3.05, 3.63) is 33.9 Å². The lowest BCUT2D eigenvalue weighted by Gasteiger charge is -2.34. The van der Waals surface area contributed by atoms with Crippen LogP contribution in [0.25, 0.3) is 0 Å². The van der Waals surface area contributed by atoms with Gasteiger partial charge in [-0.1, -0.05) is 13.8 Å². The van der Waals surface area contributed by atoms with Gasteiger partial charge in [0.25, 0.3) is 5.69 Å². The van der Waals surface area contributed by atoms with Crippen molar-refractivity contribution in [2.45, 2.75) is 26.9 Å². The Morgan fingerprint density at radius 3 is 2.91 bits per heavy atom. The summed E-state index contributed by atoms with van der Waals surface area (Å²) in [6.07, 6.45) is 0.156. The van der Waals surface area contributed by atoms with Crippen LogP contribution in [0.15, 0.2) is 18.2 Å². The zero-order valence-electron chi connectivity index (χ0n) is 13.5. The maximum Gasteiger partial charge on any atom is 0.272 e. The van der Waals surface area contributed by atoms with Crippen molar-refractivity contribution in [3.8, 4) is 0 Å². The fourth-order valence-electron chi connectivity index (χ4n) is 2.79. The number of nitrogens with zero attached hydrogens (tertiary/aromatic N) is 2. The highest BCUT2D eigenvalue weighted by Crippen LogP contribution is 2.21. The molecular formula is C16H25N3O3. The van der Waals surface area contributed by atoms with Crippen LogP contribution in [0, 0.1) is 23.0 Å². The Morgan fingerprint density at radius 2 is 2.27 bits per heavy atom. The molecule has 1 aromatic carbocycles. The molecule has 0 radical (unpaired) electrons. The van der Waals surface area contributed by atoms with E-state index in [9.17, 15) is 10.1 Å². The molecule has 1 aliphatic heterocycles. The van der Waals surface area contributed by atoms with E-state index >= 15 is 0 Å². The zero-order chi connectivity index (χ0) is 16.1. The highest BCUT2D eigenvalue weighted by atomic mass is 16.6. The van der Waals surface area contributed by atoms with E-state index in [2.05, 4.69) is 24.1 Å². The fraction of sp³-hybridized carbons (Fsp3) is 0.625. The molecule has 1 aromatic rings. The predicted octanol–water partition coefficient (Wildman–Crippen LogP) is 2.67. The number of hydrogen-bond acceptors (Lipinski definition) is 5. The second-order valence-corrected chi connectivity index (χ2v) is 6.29. The van der Waals surface area contributed by atoms with Crippen molar-refractivity contribution in [1.29, 1.82) is 0 Å². The third-order valence-electron chi connectivity index (χ3n) is 3.77. The van der Waals surface area contributed by atoms with Gasteiger partial charge in [-0.3, -0.25) is 15.0 Å². The van der Waals surface area contributed by atoms with Gasteiger partial charge in [0, 0.05) is 43.5 Å². The quantitative estimate of drug-likeness (QED) is 0.646. The Hall–Kier alpha value is -1.66. The topological polar surface area (TPSA) is 67.6 Å². The summed E-state index contributed by atoms with van der Waals surface area (Å²) in [5, 5.41) is 14.1. The predicted molar refractivity (Wildman–Crippen MR) is 87.3 cm³/mol. The first-order valence-corrected chi connectivity index (χ1v) is 7.78. The molecule has 0 spiro atoms. The van der Waals surface area contributed by atoms with Gasteiger partial charge in [-0.15, -0.1) is 0 Å². The van der Waals surface area contributed by atoms with Gasteiger partial charge in [0.15, 0.2) is 0 Å². The molecule has 0 saturated carbocycles. The zero-order valence-corrected chi connectivity index (χ0v) is 13.5. The molecule has 0 amide bonds. The fourth-order valence-corrected chi connectivity index (χ4v) is 2.79. The van der Waals surface area contributed by atoms with E-state index in [0.717, 1.165) is 31.9 Å². The number of ether oxygens (including phenoxy) is 1. The monoisotopic (exact) mass is 307 g/mol. The molecule has 2 rings (SSSR count). The maximum absolute atomic E-state index is 10.8. The van der Waals surface area contributed by atoms with E-state index in [4.69, 9.17) is 4.74 Å². The highest BCUT2D eigenvalue weighted by Gasteiger charge is 2.20. The molecule has 1 unspecified atom stereocenters. The van der Waals surface area contributed by atoms with Crippen molar-refractivity contribution in [2.75, 3.05) is 38.1 Å². The standard InChI is InChI=1S/C16H25N3O3/c1-12(2)10-18-6-7-22-15(11-18)9-17-14-4-5-16(19(20)21)13(3)8-14/h4-5,8,12,15,17H,6-7,9-11H2,1-3H3. The molecule has 1 aliphatic rings. The van der Waals surface area contributed by atoms with Crippen LogP contribution < -0.4 is 5.32 Å². The van der Waals surface area contributed by atoms with Gasteiger partial charge < -0.3 is 10.1 Å². The Labute approximate surface area is 131 Å². The van der Waals surface area contributed by atoms with Gasteiger partial charge in [0.1, 0.15) is 0 Å².